The normalized spacial score (nSPS) is 10.7. The molecule has 0 unspecified atom stereocenters. The molecule has 0 radical (unpaired) electrons. The highest BCUT2D eigenvalue weighted by atomic mass is 16.5. The molecule has 4 nitrogen and oxygen atoms in total. The van der Waals surface area contributed by atoms with Gasteiger partial charge in [0.15, 0.2) is 11.6 Å². The van der Waals surface area contributed by atoms with Crippen LogP contribution >= 0.6 is 0 Å². The van der Waals surface area contributed by atoms with Gasteiger partial charge in [-0.05, 0) is 26.7 Å². The van der Waals surface area contributed by atoms with Crippen LogP contribution in [0.2, 0.25) is 0 Å². The largest absolute Gasteiger partial charge is 0.374 e. The molecule has 0 N–H and O–H groups in total. The van der Waals surface area contributed by atoms with E-state index in [1.165, 1.54) is 38.5 Å². The van der Waals surface area contributed by atoms with E-state index in [4.69, 9.17) is 9.47 Å². The summed E-state index contributed by atoms with van der Waals surface area (Å²) in [6.07, 6.45) is 9.47. The first kappa shape index (κ1) is 19.3. The van der Waals surface area contributed by atoms with Gasteiger partial charge < -0.3 is 9.47 Å². The lowest BCUT2D eigenvalue weighted by molar-refractivity contribution is -0.122. The molecule has 0 aromatic rings. The zero-order valence-electron chi connectivity index (χ0n) is 13.1. The van der Waals surface area contributed by atoms with E-state index in [2.05, 4.69) is 0 Å². The van der Waals surface area contributed by atoms with Crippen molar-refractivity contribution in [2.45, 2.75) is 65.2 Å². The van der Waals surface area contributed by atoms with Gasteiger partial charge in [-0.15, -0.1) is 0 Å². The van der Waals surface area contributed by atoms with E-state index in [1.807, 2.05) is 0 Å². The number of carbonyl (C=O) groups excluding carboxylic acids is 2. The minimum atomic E-state index is 0.0947. The topological polar surface area (TPSA) is 52.6 Å². The molecular weight excluding hydrogens is 256 g/mol. The smallest absolute Gasteiger partial charge is 0.155 e. The summed E-state index contributed by atoms with van der Waals surface area (Å²) in [5.74, 6) is 0.189. The number of unbranched alkanes of at least 4 members (excludes halogenated alkanes) is 7. The molecule has 0 amide bonds. The zero-order chi connectivity index (χ0) is 15.1. The van der Waals surface area contributed by atoms with Gasteiger partial charge in [0.1, 0.15) is 13.2 Å². The van der Waals surface area contributed by atoms with E-state index in [0.29, 0.717) is 13.2 Å². The molecule has 118 valence electrons. The van der Waals surface area contributed by atoms with E-state index in [0.717, 1.165) is 12.8 Å². The molecule has 20 heavy (non-hydrogen) atoms. The highest BCUT2D eigenvalue weighted by Crippen LogP contribution is 2.08. The maximum atomic E-state index is 10.6. The van der Waals surface area contributed by atoms with Gasteiger partial charge in [-0.3, -0.25) is 9.59 Å². The molecule has 0 aliphatic heterocycles. The number of carbonyl (C=O) groups is 2. The monoisotopic (exact) mass is 286 g/mol. The van der Waals surface area contributed by atoms with E-state index in [-0.39, 0.29) is 24.8 Å². The van der Waals surface area contributed by atoms with Gasteiger partial charge in [-0.25, -0.2) is 0 Å². The third-order valence-corrected chi connectivity index (χ3v) is 2.94. The second-order valence-electron chi connectivity index (χ2n) is 5.34. The predicted octanol–water partition coefficient (Wildman–Crippen LogP) is 3.32. The number of Topliss-reactive ketones (excluding diaryl/α,β-unsaturated/α-hetero) is 2. The van der Waals surface area contributed by atoms with Crippen molar-refractivity contribution in [3.8, 4) is 0 Å². The maximum Gasteiger partial charge on any atom is 0.155 e. The summed E-state index contributed by atoms with van der Waals surface area (Å²) in [5, 5.41) is 0. The Morgan fingerprint density at radius 3 is 1.20 bits per heavy atom. The van der Waals surface area contributed by atoms with E-state index in [9.17, 15) is 9.59 Å². The molecule has 0 heterocycles. The molecule has 0 saturated carbocycles. The molecule has 0 saturated heterocycles. The highest BCUT2D eigenvalue weighted by molar-refractivity contribution is 5.76. The van der Waals surface area contributed by atoms with Crippen LogP contribution in [0, 0.1) is 0 Å². The average molecular weight is 286 g/mol. The Kier molecular flexibility index (Phi) is 14.1. The summed E-state index contributed by atoms with van der Waals surface area (Å²) in [6.45, 7) is 5.01. The van der Waals surface area contributed by atoms with Gasteiger partial charge in [0.05, 0.1) is 0 Å². The molecule has 0 aliphatic carbocycles. The number of hydrogen-bond acceptors (Lipinski definition) is 4. The lowest BCUT2D eigenvalue weighted by Gasteiger charge is -2.04. The first-order chi connectivity index (χ1) is 9.63. The van der Waals surface area contributed by atoms with Crippen molar-refractivity contribution in [3.05, 3.63) is 0 Å². The molecule has 0 fully saturated rings. The lowest BCUT2D eigenvalue weighted by Crippen LogP contribution is -2.04. The molecule has 0 aromatic heterocycles. The van der Waals surface area contributed by atoms with Crippen molar-refractivity contribution in [1.29, 1.82) is 0 Å². The number of rotatable bonds is 15. The lowest BCUT2D eigenvalue weighted by atomic mass is 10.1. The molecule has 0 aromatic carbocycles. The third-order valence-electron chi connectivity index (χ3n) is 2.94. The maximum absolute atomic E-state index is 10.6. The van der Waals surface area contributed by atoms with Crippen molar-refractivity contribution in [2.24, 2.45) is 0 Å². The first-order valence-electron chi connectivity index (χ1n) is 7.77. The Balaban J connectivity index is 2.99. The average Bonchev–Trinajstić information content (AvgIpc) is 2.38. The third kappa shape index (κ3) is 17.3. The van der Waals surface area contributed by atoms with Gasteiger partial charge in [0, 0.05) is 13.2 Å². The molecule has 0 aliphatic rings. The van der Waals surface area contributed by atoms with Crippen LogP contribution in [-0.4, -0.2) is 38.0 Å². The van der Waals surface area contributed by atoms with Gasteiger partial charge >= 0.3 is 0 Å². The van der Waals surface area contributed by atoms with E-state index < -0.39 is 0 Å². The Bertz CT molecular complexity index is 225. The summed E-state index contributed by atoms with van der Waals surface area (Å²) in [6, 6.07) is 0. The van der Waals surface area contributed by atoms with Crippen LogP contribution in [0.4, 0.5) is 0 Å². The van der Waals surface area contributed by atoms with Crippen LogP contribution in [-0.2, 0) is 19.1 Å². The fourth-order valence-electron chi connectivity index (χ4n) is 1.90. The molecule has 0 bridgehead atoms. The van der Waals surface area contributed by atoms with E-state index in [1.54, 1.807) is 13.8 Å². The summed E-state index contributed by atoms with van der Waals surface area (Å²) in [7, 11) is 0. The predicted molar refractivity (Wildman–Crippen MR) is 79.9 cm³/mol. The minimum absolute atomic E-state index is 0.0947. The van der Waals surface area contributed by atoms with Crippen molar-refractivity contribution in [3.63, 3.8) is 0 Å². The Morgan fingerprint density at radius 1 is 0.600 bits per heavy atom. The number of hydrogen-bond donors (Lipinski definition) is 0. The van der Waals surface area contributed by atoms with Crippen LogP contribution in [0.25, 0.3) is 0 Å². The van der Waals surface area contributed by atoms with Gasteiger partial charge in [-0.2, -0.15) is 0 Å². The fraction of sp³-hybridized carbons (Fsp3) is 0.875. The summed E-state index contributed by atoms with van der Waals surface area (Å²) in [4.78, 5) is 21.3. The van der Waals surface area contributed by atoms with Crippen LogP contribution in [0.1, 0.15) is 65.2 Å². The fourth-order valence-corrected chi connectivity index (χ4v) is 1.90. The second-order valence-corrected chi connectivity index (χ2v) is 5.34. The summed E-state index contributed by atoms with van der Waals surface area (Å²) < 4.78 is 10.4. The Hall–Kier alpha value is -0.740. The summed E-state index contributed by atoms with van der Waals surface area (Å²) in [5.41, 5.74) is 0. The molecule has 4 heteroatoms. The van der Waals surface area contributed by atoms with Crippen molar-refractivity contribution in [2.75, 3.05) is 26.4 Å². The van der Waals surface area contributed by atoms with Crippen LogP contribution in [0.15, 0.2) is 0 Å². The summed E-state index contributed by atoms with van der Waals surface area (Å²) >= 11 is 0. The zero-order valence-corrected chi connectivity index (χ0v) is 13.1. The molecular formula is C16H30O4. The molecule has 0 spiro atoms. The van der Waals surface area contributed by atoms with E-state index >= 15 is 0 Å². The number of ketones is 2. The van der Waals surface area contributed by atoms with Crippen LogP contribution in [0.3, 0.4) is 0 Å². The van der Waals surface area contributed by atoms with Crippen molar-refractivity contribution >= 4 is 11.6 Å². The minimum Gasteiger partial charge on any atom is -0.374 e. The van der Waals surface area contributed by atoms with Gasteiger partial charge in [0.2, 0.25) is 0 Å². The van der Waals surface area contributed by atoms with Gasteiger partial charge in [-0.1, -0.05) is 38.5 Å². The SMILES string of the molecule is CC(=O)COCCCCCCCCCCOCC(C)=O. The first-order valence-corrected chi connectivity index (χ1v) is 7.77. The quantitative estimate of drug-likeness (QED) is 0.433. The Morgan fingerprint density at radius 2 is 0.900 bits per heavy atom. The van der Waals surface area contributed by atoms with Crippen LogP contribution < -0.4 is 0 Å². The van der Waals surface area contributed by atoms with Crippen LogP contribution in [0.5, 0.6) is 0 Å². The highest BCUT2D eigenvalue weighted by Gasteiger charge is 1.96. The molecule has 0 rings (SSSR count). The van der Waals surface area contributed by atoms with Crippen molar-refractivity contribution < 1.29 is 19.1 Å². The standard InChI is InChI=1S/C16H30O4/c1-15(17)13-19-11-9-7-5-3-4-6-8-10-12-20-14-16(2)18/h3-14H2,1-2H3. The van der Waals surface area contributed by atoms with Crippen molar-refractivity contribution in [1.82, 2.24) is 0 Å². The Labute approximate surface area is 123 Å². The number of ether oxygens (including phenoxy) is 2. The second kappa shape index (κ2) is 14.7. The molecule has 0 atom stereocenters. The van der Waals surface area contributed by atoms with Gasteiger partial charge in [0.25, 0.3) is 0 Å².